The van der Waals surface area contributed by atoms with E-state index in [2.05, 4.69) is 137 Å². The molecule has 19 amide bonds. The van der Waals surface area contributed by atoms with E-state index in [0.717, 1.165) is 41.5 Å². The SMILES string of the molecule is CC(=O)N[C@@H](Cc1ccc(O)cc1)C(=O)NCC(=O)NCC(=O)N[C@@H](CCC(=O)O)C(=O)N[C@@H](C)C(=O)N[C@@H](C)C(=O)N[C@@H](CCCNC(=N)N)C(=O)N[C@@H](CCC(=O)O)C(=O)N[C@@H](C)C(=O)N[C@@H](CS)C(=O)N[C@@H](C)C(=O)N[C@@H](CCCNC(=N)N)C(=O)N[C@@H](CCC(=O)O)C(=O)N[C@@H](CS)C(=O)N[C@@H](C)C(=O)N[C@@H](C)C(=O)N[C@@H](CCCNC(=N)N)C(=O)N[C@@H](CCC(=O)O)C(N)=O. The number of nitrogens with one attached hydrogen (secondary N) is 24. The van der Waals surface area contributed by atoms with Gasteiger partial charge in [0.15, 0.2) is 17.9 Å². The second-order valence-electron chi connectivity index (χ2n) is 30.6. The highest BCUT2D eigenvalue weighted by atomic mass is 32.1. The number of phenols is 1. The maximum Gasteiger partial charge on any atom is 0.303 e. The molecule has 0 aliphatic rings. The van der Waals surface area contributed by atoms with Crippen molar-refractivity contribution in [3.8, 4) is 5.75 Å². The molecule has 0 aliphatic carbocycles. The number of aromatic hydroxyl groups is 1. The van der Waals surface area contributed by atoms with Crippen LogP contribution in [-0.2, 0) is 117 Å². The van der Waals surface area contributed by atoms with Gasteiger partial charge in [0.2, 0.25) is 112 Å². The van der Waals surface area contributed by atoms with Crippen LogP contribution in [-0.4, -0.2) is 320 Å². The van der Waals surface area contributed by atoms with Crippen LogP contribution < -0.4 is 135 Å². The van der Waals surface area contributed by atoms with Crippen molar-refractivity contribution in [2.24, 2.45) is 22.9 Å². The molecule has 37 N–H and O–H groups in total. The van der Waals surface area contributed by atoms with Crippen LogP contribution >= 0.6 is 25.3 Å². The number of benzene rings is 1. The molecule has 0 aliphatic heterocycles. The average Bonchev–Trinajstić information content (AvgIpc) is 0.861. The van der Waals surface area contributed by atoms with Crippen LogP contribution in [0, 0.1) is 16.2 Å². The molecule has 0 saturated heterocycles. The number of carbonyl (C=O) groups excluding carboxylic acids is 19. The summed E-state index contributed by atoms with van der Waals surface area (Å²) in [5, 5.41) is 119. The number of rotatable bonds is 64. The Morgan fingerprint density at radius 2 is 0.541 bits per heavy atom. The minimum absolute atomic E-state index is 0.0364. The molecule has 16 atom stereocenters. The molecule has 752 valence electrons. The molecule has 58 heteroatoms. The summed E-state index contributed by atoms with van der Waals surface area (Å²) in [4.78, 5) is 302. The van der Waals surface area contributed by atoms with Crippen molar-refractivity contribution in [1.29, 1.82) is 16.2 Å². The van der Waals surface area contributed by atoms with Gasteiger partial charge in [-0.3, -0.25) is 127 Å². The molecule has 0 spiro atoms. The van der Waals surface area contributed by atoms with Gasteiger partial charge in [0, 0.05) is 70.2 Å². The number of thiol groups is 2. The number of aliphatic carboxylic acids is 4. The lowest BCUT2D eigenvalue weighted by atomic mass is 10.0. The first kappa shape index (κ1) is 118. The van der Waals surface area contributed by atoms with Crippen molar-refractivity contribution in [3.05, 3.63) is 29.8 Å². The summed E-state index contributed by atoms with van der Waals surface area (Å²) in [5.74, 6) is -27.9. The summed E-state index contributed by atoms with van der Waals surface area (Å²) in [6, 6.07) is -19.6. The number of hydrogen-bond donors (Lipinski definition) is 35. The lowest BCUT2D eigenvalue weighted by Crippen LogP contribution is -2.60. The Labute approximate surface area is 783 Å². The fraction of sp³-hybridized carbons (Fsp3) is 0.584. The molecule has 1 aromatic carbocycles. The lowest BCUT2D eigenvalue weighted by molar-refractivity contribution is -0.139. The number of carbonyl (C=O) groups is 23. The van der Waals surface area contributed by atoms with Crippen LogP contribution in [0.3, 0.4) is 0 Å². The summed E-state index contributed by atoms with van der Waals surface area (Å²) in [7, 11) is 0. The number of primary amides is 1. The van der Waals surface area contributed by atoms with Crippen LogP contribution in [0.4, 0.5) is 0 Å². The van der Waals surface area contributed by atoms with Gasteiger partial charge in [-0.15, -0.1) is 0 Å². The molecule has 0 saturated carbocycles. The average molecular weight is 1950 g/mol. The van der Waals surface area contributed by atoms with E-state index >= 15 is 0 Å². The van der Waals surface area contributed by atoms with Crippen molar-refractivity contribution in [1.82, 2.24) is 112 Å². The largest absolute Gasteiger partial charge is 0.508 e. The standard InChI is InChI=1S/C77H124N28O28S2/c1-34(92-67(126)47(19-23-56(112)113)97-54(109)31-88-53(108)30-89-66(125)50(96-40(7)106)29-41-14-16-42(107)17-15-41)60(119)90-37(4)63(122)100-45(12-9-27-86-76(81)82)70(129)102-48(20-24-57(114)115)68(127)93-39(6)65(124)104-51(32-134)73(132)95-38(5)64(123)101-46(13-10-28-87-77(83)84)71(130)103-49(21-25-58(116)117)72(131)105-52(33-135)74(133)94-35(2)61(120)91-36(3)62(121)99-44(11-8-26-85-75(79)80)69(128)98-43(59(78)118)18-22-55(110)111/h14-17,34-39,43-52,107,134-135H,8-13,18-33H2,1-7H3,(H2,78,118)(H,88,108)(H,89,125)(H,90,119)(H,91,120)(H,92,126)(H,93,127)(H,94,133)(H,95,132)(H,96,106)(H,97,109)(H,98,128)(H,99,121)(H,100,122)(H,101,123)(H,102,129)(H,103,130)(H,104,124)(H,105,131)(H,110,111)(H,112,113)(H,114,115)(H,116,117)(H4,79,80,85)(H4,81,82,86)(H4,83,84,87)/t34-,35-,36-,37-,38-,39-,43-,44-,45-,46-,47-,48-,49-,50-,51-,52-/m0/s1. The monoisotopic (exact) mass is 1950 g/mol. The molecule has 0 fully saturated rings. The first-order valence-corrected chi connectivity index (χ1v) is 43.2. The Hall–Kier alpha value is -14.7. The van der Waals surface area contributed by atoms with Crippen molar-refractivity contribution in [2.75, 3.05) is 44.2 Å². The fourth-order valence-corrected chi connectivity index (χ4v) is 12.2. The summed E-state index contributed by atoms with van der Waals surface area (Å²) in [5.41, 5.74) is 22.1. The van der Waals surface area contributed by atoms with Gasteiger partial charge in [-0.2, -0.15) is 25.3 Å². The van der Waals surface area contributed by atoms with E-state index in [-0.39, 0.29) is 70.3 Å². The van der Waals surface area contributed by atoms with E-state index in [9.17, 15) is 131 Å². The van der Waals surface area contributed by atoms with Crippen molar-refractivity contribution >= 4 is 179 Å². The Morgan fingerprint density at radius 1 is 0.296 bits per heavy atom. The van der Waals surface area contributed by atoms with Gasteiger partial charge in [0.05, 0.1) is 13.1 Å². The van der Waals surface area contributed by atoms with Crippen LogP contribution in [0.2, 0.25) is 0 Å². The topological polar surface area (TPSA) is 922 Å². The highest BCUT2D eigenvalue weighted by molar-refractivity contribution is 7.80. The molecule has 0 bridgehead atoms. The number of carboxylic acid groups (broad SMARTS) is 4. The molecule has 56 nitrogen and oxygen atoms in total. The second kappa shape index (κ2) is 61.9. The van der Waals surface area contributed by atoms with Gasteiger partial charge in [0.25, 0.3) is 0 Å². The van der Waals surface area contributed by atoms with Crippen molar-refractivity contribution in [2.45, 2.75) is 241 Å². The Morgan fingerprint density at radius 3 is 0.837 bits per heavy atom. The second-order valence-corrected chi connectivity index (χ2v) is 31.3. The predicted molar refractivity (Wildman–Crippen MR) is 480 cm³/mol. The predicted octanol–water partition coefficient (Wildman–Crippen LogP) is -12.3. The number of nitrogens with two attached hydrogens (primary N) is 4. The van der Waals surface area contributed by atoms with E-state index in [1.165, 1.54) is 31.2 Å². The summed E-state index contributed by atoms with van der Waals surface area (Å²) in [6.07, 6.45) is -5.98. The number of hydrogen-bond acceptors (Lipinski definition) is 29. The van der Waals surface area contributed by atoms with Crippen LogP contribution in [0.15, 0.2) is 24.3 Å². The van der Waals surface area contributed by atoms with Gasteiger partial charge >= 0.3 is 23.9 Å². The first-order valence-electron chi connectivity index (χ1n) is 41.9. The minimum atomic E-state index is -1.81. The summed E-state index contributed by atoms with van der Waals surface area (Å²) >= 11 is 8.28. The quantitative estimate of drug-likeness (QED) is 0.0125. The maximum absolute atomic E-state index is 14.2. The van der Waals surface area contributed by atoms with E-state index in [4.69, 9.17) is 44.3 Å². The van der Waals surface area contributed by atoms with Gasteiger partial charge in [-0.1, -0.05) is 12.1 Å². The summed E-state index contributed by atoms with van der Waals surface area (Å²) in [6.45, 7) is 6.35. The molecular formula is C77H124N28O28S2. The molecule has 1 aromatic rings. The third kappa shape index (κ3) is 49.4. The highest BCUT2D eigenvalue weighted by Crippen LogP contribution is 2.14. The van der Waals surface area contributed by atoms with Crippen molar-refractivity contribution in [3.63, 3.8) is 0 Å². The van der Waals surface area contributed by atoms with E-state index < -0.39 is 327 Å². The fourth-order valence-electron chi connectivity index (χ4n) is 11.6. The smallest absolute Gasteiger partial charge is 0.303 e. The Kier molecular flexibility index (Phi) is 54.2. The van der Waals surface area contributed by atoms with E-state index in [0.29, 0.717) is 5.56 Å². The van der Waals surface area contributed by atoms with Crippen molar-refractivity contribution < 1.29 is 136 Å². The first-order chi connectivity index (χ1) is 63.2. The van der Waals surface area contributed by atoms with Crippen LogP contribution in [0.5, 0.6) is 5.75 Å². The van der Waals surface area contributed by atoms with Gasteiger partial charge in [-0.05, 0) is 123 Å². The third-order valence-corrected chi connectivity index (χ3v) is 19.8. The van der Waals surface area contributed by atoms with Crippen LogP contribution in [0.25, 0.3) is 0 Å². The molecule has 0 aromatic heterocycles. The zero-order valence-electron chi connectivity index (χ0n) is 74.9. The molecule has 135 heavy (non-hydrogen) atoms. The summed E-state index contributed by atoms with van der Waals surface area (Å²) < 4.78 is 0. The number of amides is 19. The van der Waals surface area contributed by atoms with Gasteiger partial charge < -0.3 is 160 Å². The Balaban J connectivity index is 3.30. The zero-order chi connectivity index (χ0) is 103. The number of guanidine groups is 3. The molecule has 1 rings (SSSR count). The van der Waals surface area contributed by atoms with Crippen LogP contribution in [0.1, 0.15) is 144 Å². The normalized spacial score (nSPS) is 14.3. The maximum atomic E-state index is 14.2. The number of phenolic OH excluding ortho intramolecular Hbond substituents is 1. The Bertz CT molecular complexity index is 4400. The third-order valence-electron chi connectivity index (χ3n) is 19.1. The van der Waals surface area contributed by atoms with E-state index in [1.54, 1.807) is 0 Å². The molecule has 0 unspecified atom stereocenters. The molecule has 0 heterocycles. The lowest BCUT2D eigenvalue weighted by Gasteiger charge is -2.27. The number of carboxylic acids is 4. The zero-order valence-corrected chi connectivity index (χ0v) is 76.7. The van der Waals surface area contributed by atoms with Gasteiger partial charge in [0.1, 0.15) is 102 Å². The van der Waals surface area contributed by atoms with Gasteiger partial charge in [-0.25, -0.2) is 0 Å². The highest BCUT2D eigenvalue weighted by Gasteiger charge is 2.38. The van der Waals surface area contributed by atoms with E-state index in [1.807, 2.05) is 0 Å². The minimum Gasteiger partial charge on any atom is -0.508 e. The molecule has 0 radical (unpaired) electrons. The molecular weight excluding hydrogens is 1830 g/mol.